The van der Waals surface area contributed by atoms with Gasteiger partial charge in [-0.3, -0.25) is 0 Å². The molecular formula is C24H17N5O2. The number of para-hydroxylation sites is 2. The Morgan fingerprint density at radius 3 is 2.13 bits per heavy atom. The molecule has 2 heterocycles. The highest BCUT2D eigenvalue weighted by atomic mass is 16.4. The number of nitrogens with zero attached hydrogens (tertiary/aromatic N) is 3. The summed E-state index contributed by atoms with van der Waals surface area (Å²) in [6.45, 7) is 0. The van der Waals surface area contributed by atoms with E-state index in [-0.39, 0.29) is 5.56 Å². The molecule has 0 unspecified atom stereocenters. The Kier molecular flexibility index (Phi) is 4.61. The van der Waals surface area contributed by atoms with E-state index in [0.717, 1.165) is 22.1 Å². The van der Waals surface area contributed by atoms with Crippen molar-refractivity contribution in [2.24, 2.45) is 0 Å². The van der Waals surface area contributed by atoms with Crippen LogP contribution in [0.1, 0.15) is 10.4 Å². The number of nitrogens with one attached hydrogen (secondary N) is 2. The largest absolute Gasteiger partial charge is 0.478 e. The van der Waals surface area contributed by atoms with E-state index in [0.29, 0.717) is 22.8 Å². The Labute approximate surface area is 177 Å². The number of carboxylic acid groups (broad SMARTS) is 1. The number of carbonyl (C=O) groups is 1. The molecule has 5 aromatic rings. The maximum atomic E-state index is 11.4. The van der Waals surface area contributed by atoms with E-state index >= 15 is 0 Å². The van der Waals surface area contributed by atoms with Crippen LogP contribution in [0.4, 0.5) is 23.1 Å². The van der Waals surface area contributed by atoms with Crippen molar-refractivity contribution >= 4 is 50.9 Å². The number of hydrogen-bond donors (Lipinski definition) is 3. The maximum absolute atomic E-state index is 11.4. The number of aromatic nitrogens is 3. The minimum absolute atomic E-state index is 0.174. The van der Waals surface area contributed by atoms with Crippen LogP contribution >= 0.6 is 0 Å². The zero-order chi connectivity index (χ0) is 21.2. The summed E-state index contributed by atoms with van der Waals surface area (Å²) in [6.07, 6.45) is 1.73. The minimum atomic E-state index is -1.000. The predicted molar refractivity (Wildman–Crippen MR) is 121 cm³/mol. The molecule has 7 nitrogen and oxygen atoms in total. The lowest BCUT2D eigenvalue weighted by atomic mass is 10.1. The van der Waals surface area contributed by atoms with Gasteiger partial charge in [-0.15, -0.1) is 0 Å². The molecule has 3 aromatic carbocycles. The Hall–Kier alpha value is -4.52. The van der Waals surface area contributed by atoms with Gasteiger partial charge in [-0.1, -0.05) is 42.5 Å². The minimum Gasteiger partial charge on any atom is -0.478 e. The fourth-order valence-electron chi connectivity index (χ4n) is 3.37. The van der Waals surface area contributed by atoms with Gasteiger partial charge in [-0.2, -0.15) is 0 Å². The van der Waals surface area contributed by atoms with Crippen molar-refractivity contribution in [2.75, 3.05) is 10.6 Å². The number of fused-ring (bicyclic) bond motifs is 3. The normalized spacial score (nSPS) is 10.8. The van der Waals surface area contributed by atoms with E-state index in [1.165, 1.54) is 0 Å². The van der Waals surface area contributed by atoms with Crippen LogP contribution in [-0.2, 0) is 0 Å². The Balaban J connectivity index is 1.69. The molecule has 3 N–H and O–H groups in total. The van der Waals surface area contributed by atoms with Crippen LogP contribution in [0.5, 0.6) is 0 Å². The van der Waals surface area contributed by atoms with Gasteiger partial charge in [0.25, 0.3) is 0 Å². The van der Waals surface area contributed by atoms with Crippen LogP contribution in [0, 0.1) is 0 Å². The lowest BCUT2D eigenvalue weighted by Gasteiger charge is -2.13. The zero-order valence-corrected chi connectivity index (χ0v) is 16.3. The van der Waals surface area contributed by atoms with Crippen LogP contribution in [0.3, 0.4) is 0 Å². The highest BCUT2D eigenvalue weighted by molar-refractivity contribution is 6.10. The average Bonchev–Trinajstić information content (AvgIpc) is 2.80. The predicted octanol–water partition coefficient (Wildman–Crippen LogP) is 5.36. The van der Waals surface area contributed by atoms with Gasteiger partial charge in [0.1, 0.15) is 5.52 Å². The lowest BCUT2D eigenvalue weighted by Crippen LogP contribution is -2.02. The molecule has 0 bridgehead atoms. The van der Waals surface area contributed by atoms with Crippen LogP contribution in [-0.4, -0.2) is 26.0 Å². The molecule has 0 aliphatic heterocycles. The van der Waals surface area contributed by atoms with Gasteiger partial charge in [0.15, 0.2) is 5.82 Å². The van der Waals surface area contributed by atoms with Crippen molar-refractivity contribution in [3.05, 3.63) is 90.6 Å². The summed E-state index contributed by atoms with van der Waals surface area (Å²) in [5.74, 6) is -0.0344. The van der Waals surface area contributed by atoms with Crippen LogP contribution in [0.25, 0.3) is 21.8 Å². The second-order valence-corrected chi connectivity index (χ2v) is 6.94. The summed E-state index contributed by atoms with van der Waals surface area (Å²) >= 11 is 0. The second kappa shape index (κ2) is 7.72. The number of aromatic carboxylic acids is 1. The quantitative estimate of drug-likeness (QED) is 0.337. The highest BCUT2D eigenvalue weighted by Gasteiger charge is 2.14. The monoisotopic (exact) mass is 407 g/mol. The molecule has 7 heteroatoms. The summed E-state index contributed by atoms with van der Waals surface area (Å²) in [6, 6.07) is 24.2. The van der Waals surface area contributed by atoms with Gasteiger partial charge >= 0.3 is 5.97 Å². The standard InChI is InChI=1S/C24H17N5O2/c30-23(31)15-11-12-18-19-14-25-24(27-17-9-5-2-6-10-17)29-21(19)22(28-20(18)13-15)26-16-7-3-1-4-8-16/h1-14H,(H,26,28)(H,30,31)(H,25,27,29). The van der Waals surface area contributed by atoms with Gasteiger partial charge in [0.2, 0.25) is 5.95 Å². The number of pyridine rings is 1. The van der Waals surface area contributed by atoms with Gasteiger partial charge in [0, 0.05) is 28.3 Å². The van der Waals surface area contributed by atoms with E-state index in [1.807, 2.05) is 60.7 Å². The number of benzene rings is 3. The van der Waals surface area contributed by atoms with Crippen LogP contribution < -0.4 is 10.6 Å². The van der Waals surface area contributed by atoms with E-state index in [1.54, 1.807) is 24.4 Å². The van der Waals surface area contributed by atoms with Crippen molar-refractivity contribution in [3.63, 3.8) is 0 Å². The molecule has 31 heavy (non-hydrogen) atoms. The fraction of sp³-hybridized carbons (Fsp3) is 0. The Morgan fingerprint density at radius 2 is 1.45 bits per heavy atom. The number of rotatable bonds is 5. The third-order valence-corrected chi connectivity index (χ3v) is 4.85. The first-order valence-corrected chi connectivity index (χ1v) is 9.65. The molecule has 5 rings (SSSR count). The molecule has 0 aliphatic rings. The van der Waals surface area contributed by atoms with Crippen molar-refractivity contribution in [1.82, 2.24) is 15.0 Å². The molecule has 2 aromatic heterocycles. The third kappa shape index (κ3) is 3.72. The molecule has 0 radical (unpaired) electrons. The Bertz CT molecular complexity index is 1410. The molecule has 0 aliphatic carbocycles. The SMILES string of the molecule is O=C(O)c1ccc2c(c1)nc(Nc1ccccc1)c1nc(Nc3ccccc3)ncc12. The molecule has 150 valence electrons. The van der Waals surface area contributed by atoms with Crippen LogP contribution in [0.15, 0.2) is 85.1 Å². The second-order valence-electron chi connectivity index (χ2n) is 6.94. The summed E-state index contributed by atoms with van der Waals surface area (Å²) in [5, 5.41) is 17.4. The molecule has 0 fully saturated rings. The van der Waals surface area contributed by atoms with Crippen molar-refractivity contribution in [3.8, 4) is 0 Å². The summed E-state index contributed by atoms with van der Waals surface area (Å²) in [5.41, 5.74) is 3.08. The van der Waals surface area contributed by atoms with E-state index in [9.17, 15) is 9.90 Å². The first-order chi connectivity index (χ1) is 15.2. The zero-order valence-electron chi connectivity index (χ0n) is 16.3. The van der Waals surface area contributed by atoms with Crippen molar-refractivity contribution < 1.29 is 9.90 Å². The molecule has 0 amide bonds. The van der Waals surface area contributed by atoms with E-state index in [4.69, 9.17) is 9.97 Å². The lowest BCUT2D eigenvalue weighted by molar-refractivity contribution is 0.0697. The average molecular weight is 407 g/mol. The number of hydrogen-bond acceptors (Lipinski definition) is 6. The Morgan fingerprint density at radius 1 is 0.774 bits per heavy atom. The smallest absolute Gasteiger partial charge is 0.335 e. The van der Waals surface area contributed by atoms with E-state index < -0.39 is 5.97 Å². The molecular weight excluding hydrogens is 390 g/mol. The van der Waals surface area contributed by atoms with E-state index in [2.05, 4.69) is 15.6 Å². The fourth-order valence-corrected chi connectivity index (χ4v) is 3.37. The summed E-state index contributed by atoms with van der Waals surface area (Å²) in [7, 11) is 0. The van der Waals surface area contributed by atoms with Gasteiger partial charge in [-0.05, 0) is 36.4 Å². The molecule has 0 spiro atoms. The summed E-state index contributed by atoms with van der Waals surface area (Å²) < 4.78 is 0. The maximum Gasteiger partial charge on any atom is 0.335 e. The summed E-state index contributed by atoms with van der Waals surface area (Å²) in [4.78, 5) is 25.3. The number of carboxylic acids is 1. The first kappa shape index (κ1) is 18.5. The van der Waals surface area contributed by atoms with Gasteiger partial charge < -0.3 is 15.7 Å². The topological polar surface area (TPSA) is 100 Å². The highest BCUT2D eigenvalue weighted by Crippen LogP contribution is 2.31. The molecule has 0 saturated heterocycles. The van der Waals surface area contributed by atoms with Crippen molar-refractivity contribution in [2.45, 2.75) is 0 Å². The van der Waals surface area contributed by atoms with Crippen molar-refractivity contribution in [1.29, 1.82) is 0 Å². The molecule has 0 atom stereocenters. The third-order valence-electron chi connectivity index (χ3n) is 4.85. The first-order valence-electron chi connectivity index (χ1n) is 9.65. The van der Waals surface area contributed by atoms with Crippen LogP contribution in [0.2, 0.25) is 0 Å². The molecule has 0 saturated carbocycles. The number of anilines is 4. The van der Waals surface area contributed by atoms with Gasteiger partial charge in [-0.25, -0.2) is 19.7 Å². The van der Waals surface area contributed by atoms with Gasteiger partial charge in [0.05, 0.1) is 11.1 Å².